The molecular weight excluding hydrogens is 269 g/mol. The van der Waals surface area contributed by atoms with Crippen LogP contribution in [-0.4, -0.2) is 11.6 Å². The molecular formula is C14H21Cl2NO. The number of aromatic nitrogens is 1. The Morgan fingerprint density at radius 1 is 1.17 bits per heavy atom. The van der Waals surface area contributed by atoms with Gasteiger partial charge in [0, 0.05) is 12.1 Å². The molecule has 0 aliphatic rings. The minimum atomic E-state index is 0.421. The second-order valence-electron chi connectivity index (χ2n) is 4.38. The normalized spacial score (nSPS) is 10.6. The second kappa shape index (κ2) is 9.46. The number of alkyl halides is 1. The quantitative estimate of drug-likeness (QED) is 0.460. The van der Waals surface area contributed by atoms with Crippen LogP contribution in [0.5, 0.6) is 5.88 Å². The van der Waals surface area contributed by atoms with E-state index in [0.717, 1.165) is 12.0 Å². The van der Waals surface area contributed by atoms with Crippen LogP contribution >= 0.6 is 23.2 Å². The molecule has 0 N–H and O–H groups in total. The SMILES string of the molecule is CCCCCCCCOc1ncc(CCl)cc1Cl. The van der Waals surface area contributed by atoms with E-state index in [-0.39, 0.29) is 0 Å². The van der Waals surface area contributed by atoms with Crippen molar-refractivity contribution in [1.29, 1.82) is 0 Å². The van der Waals surface area contributed by atoms with Crippen LogP contribution in [0.25, 0.3) is 0 Å². The van der Waals surface area contributed by atoms with Gasteiger partial charge in [-0.1, -0.05) is 50.6 Å². The molecule has 0 saturated carbocycles. The molecule has 1 aromatic rings. The molecule has 0 amide bonds. The number of nitrogens with zero attached hydrogens (tertiary/aromatic N) is 1. The predicted molar refractivity (Wildman–Crippen MR) is 77.7 cm³/mol. The van der Waals surface area contributed by atoms with Crippen LogP contribution in [-0.2, 0) is 5.88 Å². The number of pyridine rings is 1. The molecule has 0 radical (unpaired) electrons. The highest BCUT2D eigenvalue weighted by molar-refractivity contribution is 6.32. The molecule has 0 aliphatic carbocycles. The topological polar surface area (TPSA) is 22.1 Å². The highest BCUT2D eigenvalue weighted by Crippen LogP contribution is 2.23. The molecule has 0 atom stereocenters. The Kier molecular flexibility index (Phi) is 8.19. The van der Waals surface area contributed by atoms with Crippen LogP contribution in [0.15, 0.2) is 12.3 Å². The van der Waals surface area contributed by atoms with Gasteiger partial charge in [-0.05, 0) is 18.1 Å². The Balaban J connectivity index is 2.19. The lowest BCUT2D eigenvalue weighted by atomic mass is 10.1. The van der Waals surface area contributed by atoms with Crippen LogP contribution in [0.4, 0.5) is 0 Å². The molecule has 0 spiro atoms. The molecule has 0 fully saturated rings. The third-order valence-corrected chi connectivity index (χ3v) is 3.33. The standard InChI is InChI=1S/C14H21Cl2NO/c1-2-3-4-5-6-7-8-18-14-13(16)9-12(10-15)11-17-14/h9,11H,2-8,10H2,1H3. The maximum atomic E-state index is 6.04. The lowest BCUT2D eigenvalue weighted by molar-refractivity contribution is 0.293. The fourth-order valence-electron chi connectivity index (χ4n) is 1.70. The van der Waals surface area contributed by atoms with Crippen molar-refractivity contribution in [3.8, 4) is 5.88 Å². The van der Waals surface area contributed by atoms with Gasteiger partial charge in [-0.25, -0.2) is 4.98 Å². The van der Waals surface area contributed by atoms with Crippen molar-refractivity contribution in [2.45, 2.75) is 51.3 Å². The Morgan fingerprint density at radius 3 is 2.56 bits per heavy atom. The van der Waals surface area contributed by atoms with E-state index >= 15 is 0 Å². The summed E-state index contributed by atoms with van der Waals surface area (Å²) >= 11 is 11.7. The van der Waals surface area contributed by atoms with Gasteiger partial charge in [0.2, 0.25) is 5.88 Å². The lowest BCUT2D eigenvalue weighted by Crippen LogP contribution is -2.00. The number of halogens is 2. The van der Waals surface area contributed by atoms with Gasteiger partial charge >= 0.3 is 0 Å². The Labute approximate surface area is 120 Å². The zero-order valence-corrected chi connectivity index (χ0v) is 12.4. The molecule has 0 saturated heterocycles. The number of hydrogen-bond acceptors (Lipinski definition) is 2. The zero-order valence-electron chi connectivity index (χ0n) is 10.9. The summed E-state index contributed by atoms with van der Waals surface area (Å²) in [5, 5.41) is 0.541. The van der Waals surface area contributed by atoms with Gasteiger partial charge < -0.3 is 4.74 Å². The van der Waals surface area contributed by atoms with Gasteiger partial charge in [0.15, 0.2) is 0 Å². The highest BCUT2D eigenvalue weighted by Gasteiger charge is 2.04. The van der Waals surface area contributed by atoms with Crippen LogP contribution in [0, 0.1) is 0 Å². The van der Waals surface area contributed by atoms with Gasteiger partial charge in [0.1, 0.15) is 5.02 Å². The van der Waals surface area contributed by atoms with E-state index in [2.05, 4.69) is 11.9 Å². The molecule has 4 heteroatoms. The predicted octanol–water partition coefficient (Wildman–Crippen LogP) is 5.21. The second-order valence-corrected chi connectivity index (χ2v) is 5.05. The minimum absolute atomic E-state index is 0.421. The molecule has 0 aliphatic heterocycles. The summed E-state index contributed by atoms with van der Waals surface area (Å²) in [6, 6.07) is 1.80. The molecule has 18 heavy (non-hydrogen) atoms. The summed E-state index contributed by atoms with van der Waals surface area (Å²) in [6.07, 6.45) is 9.17. The first kappa shape index (κ1) is 15.6. The third kappa shape index (κ3) is 5.92. The van der Waals surface area contributed by atoms with E-state index in [1.54, 1.807) is 12.3 Å². The first-order valence-electron chi connectivity index (χ1n) is 6.61. The monoisotopic (exact) mass is 289 g/mol. The van der Waals surface area contributed by atoms with Gasteiger partial charge in [0.25, 0.3) is 0 Å². The largest absolute Gasteiger partial charge is 0.477 e. The molecule has 1 heterocycles. The number of ether oxygens (including phenoxy) is 1. The summed E-state index contributed by atoms with van der Waals surface area (Å²) in [7, 11) is 0. The lowest BCUT2D eigenvalue weighted by Gasteiger charge is -2.07. The first-order valence-corrected chi connectivity index (χ1v) is 7.52. The van der Waals surface area contributed by atoms with Crippen molar-refractivity contribution in [3.05, 3.63) is 22.8 Å². The van der Waals surface area contributed by atoms with Gasteiger partial charge in [-0.15, -0.1) is 11.6 Å². The van der Waals surface area contributed by atoms with Crippen molar-refractivity contribution in [2.24, 2.45) is 0 Å². The Morgan fingerprint density at radius 2 is 1.89 bits per heavy atom. The number of rotatable bonds is 9. The van der Waals surface area contributed by atoms with E-state index in [1.807, 2.05) is 0 Å². The molecule has 2 nitrogen and oxygen atoms in total. The summed E-state index contributed by atoms with van der Waals surface area (Å²) < 4.78 is 5.56. The molecule has 0 unspecified atom stereocenters. The summed E-state index contributed by atoms with van der Waals surface area (Å²) in [6.45, 7) is 2.90. The van der Waals surface area contributed by atoms with Crippen molar-refractivity contribution >= 4 is 23.2 Å². The minimum Gasteiger partial charge on any atom is -0.477 e. The summed E-state index contributed by atoms with van der Waals surface area (Å²) in [5.41, 5.74) is 0.911. The van der Waals surface area contributed by atoms with Crippen LogP contribution < -0.4 is 4.74 Å². The van der Waals surface area contributed by atoms with Crippen LogP contribution in [0.1, 0.15) is 51.0 Å². The maximum absolute atomic E-state index is 6.04. The molecule has 0 aromatic carbocycles. The fraction of sp³-hybridized carbons (Fsp3) is 0.643. The van der Waals surface area contributed by atoms with Crippen molar-refractivity contribution in [3.63, 3.8) is 0 Å². The molecule has 1 rings (SSSR count). The highest BCUT2D eigenvalue weighted by atomic mass is 35.5. The average molecular weight is 290 g/mol. The first-order chi connectivity index (χ1) is 8.77. The summed E-state index contributed by atoms with van der Waals surface area (Å²) in [5.74, 6) is 0.934. The maximum Gasteiger partial charge on any atom is 0.232 e. The zero-order chi connectivity index (χ0) is 13.2. The van der Waals surface area contributed by atoms with Crippen molar-refractivity contribution in [2.75, 3.05) is 6.61 Å². The van der Waals surface area contributed by atoms with E-state index in [4.69, 9.17) is 27.9 Å². The average Bonchev–Trinajstić information content (AvgIpc) is 2.39. The van der Waals surface area contributed by atoms with Gasteiger partial charge in [-0.2, -0.15) is 0 Å². The summed E-state index contributed by atoms with van der Waals surface area (Å²) in [4.78, 5) is 4.16. The van der Waals surface area contributed by atoms with Crippen molar-refractivity contribution < 1.29 is 4.74 Å². The van der Waals surface area contributed by atoms with Crippen LogP contribution in [0.3, 0.4) is 0 Å². The molecule has 102 valence electrons. The van der Waals surface area contributed by atoms with Gasteiger partial charge in [-0.3, -0.25) is 0 Å². The third-order valence-electron chi connectivity index (χ3n) is 2.76. The Bertz CT molecular complexity index is 345. The number of hydrogen-bond donors (Lipinski definition) is 0. The number of unbranched alkanes of at least 4 members (excludes halogenated alkanes) is 5. The van der Waals surface area contributed by atoms with Gasteiger partial charge in [0.05, 0.1) is 6.61 Å². The fourth-order valence-corrected chi connectivity index (χ4v) is 2.09. The van der Waals surface area contributed by atoms with E-state index in [0.29, 0.717) is 23.4 Å². The molecule has 0 bridgehead atoms. The van der Waals surface area contributed by atoms with E-state index in [9.17, 15) is 0 Å². The smallest absolute Gasteiger partial charge is 0.232 e. The van der Waals surface area contributed by atoms with Crippen molar-refractivity contribution in [1.82, 2.24) is 4.98 Å². The Hall–Kier alpha value is -0.470. The van der Waals surface area contributed by atoms with E-state index < -0.39 is 0 Å². The molecule has 1 aromatic heterocycles. The van der Waals surface area contributed by atoms with E-state index in [1.165, 1.54) is 32.1 Å². The van der Waals surface area contributed by atoms with Crippen LogP contribution in [0.2, 0.25) is 5.02 Å².